The lowest BCUT2D eigenvalue weighted by Gasteiger charge is -2.27. The van der Waals surface area contributed by atoms with Crippen LogP contribution in [-0.4, -0.2) is 28.9 Å². The highest BCUT2D eigenvalue weighted by Crippen LogP contribution is 2.30. The lowest BCUT2D eigenvalue weighted by Crippen LogP contribution is -2.39. The maximum absolute atomic E-state index is 12.2. The monoisotopic (exact) mass is 329 g/mol. The molecule has 0 aliphatic heterocycles. The van der Waals surface area contributed by atoms with E-state index in [4.69, 9.17) is 11.6 Å². The van der Waals surface area contributed by atoms with E-state index in [-0.39, 0.29) is 22.7 Å². The number of nitrogens with one attached hydrogen (secondary N) is 1. The number of thioether (sulfide) groups is 1. The quantitative estimate of drug-likeness (QED) is 0.749. The molecule has 2 atom stereocenters. The van der Waals surface area contributed by atoms with Crippen LogP contribution in [-0.2, 0) is 4.79 Å². The summed E-state index contributed by atoms with van der Waals surface area (Å²) < 4.78 is 0. The van der Waals surface area contributed by atoms with Gasteiger partial charge in [0, 0.05) is 11.4 Å². The molecule has 0 heterocycles. The summed E-state index contributed by atoms with van der Waals surface area (Å²) in [4.78, 5) is 13.1. The molecule has 0 spiro atoms. The number of halogens is 1. The number of aliphatic hydroxyl groups is 1. The third-order valence-corrected chi connectivity index (χ3v) is 4.72. The van der Waals surface area contributed by atoms with Crippen LogP contribution in [0.15, 0.2) is 29.2 Å². The second kappa shape index (κ2) is 8.06. The van der Waals surface area contributed by atoms with Gasteiger partial charge in [0.1, 0.15) is 0 Å². The topological polar surface area (TPSA) is 49.3 Å². The Kier molecular flexibility index (Phi) is 7.04. The van der Waals surface area contributed by atoms with Crippen LogP contribution in [0, 0.1) is 5.41 Å². The number of amides is 1. The summed E-state index contributed by atoms with van der Waals surface area (Å²) in [6.07, 6.45) is 0.283. The van der Waals surface area contributed by atoms with Gasteiger partial charge >= 0.3 is 0 Å². The summed E-state index contributed by atoms with van der Waals surface area (Å²) in [6.45, 7) is 8.24. The van der Waals surface area contributed by atoms with Gasteiger partial charge < -0.3 is 10.4 Å². The minimum Gasteiger partial charge on any atom is -0.393 e. The number of hydrogen-bond acceptors (Lipinski definition) is 3. The fourth-order valence-electron chi connectivity index (χ4n) is 2.13. The Morgan fingerprint density at radius 1 is 1.38 bits per heavy atom. The SMILES string of the molecule is CC(O)CC(C)(C)CNC(=O)C(C)Sc1ccccc1Cl. The van der Waals surface area contributed by atoms with E-state index in [2.05, 4.69) is 5.32 Å². The fourth-order valence-corrected chi connectivity index (χ4v) is 3.30. The van der Waals surface area contributed by atoms with Crippen molar-refractivity contribution in [2.24, 2.45) is 5.41 Å². The number of rotatable bonds is 7. The Morgan fingerprint density at radius 2 is 2.00 bits per heavy atom. The molecule has 3 nitrogen and oxygen atoms in total. The minimum atomic E-state index is -0.369. The van der Waals surface area contributed by atoms with E-state index in [1.54, 1.807) is 6.92 Å². The molecule has 118 valence electrons. The first-order valence-electron chi connectivity index (χ1n) is 7.08. The second-order valence-corrected chi connectivity index (χ2v) is 7.92. The van der Waals surface area contributed by atoms with Crippen LogP contribution in [0.1, 0.15) is 34.1 Å². The minimum absolute atomic E-state index is 0.0152. The van der Waals surface area contributed by atoms with Gasteiger partial charge in [0.2, 0.25) is 5.91 Å². The van der Waals surface area contributed by atoms with Gasteiger partial charge in [-0.25, -0.2) is 0 Å². The molecule has 0 aliphatic carbocycles. The van der Waals surface area contributed by atoms with Gasteiger partial charge in [0.05, 0.1) is 16.4 Å². The van der Waals surface area contributed by atoms with Crippen LogP contribution in [0.5, 0.6) is 0 Å². The first-order valence-corrected chi connectivity index (χ1v) is 8.34. The van der Waals surface area contributed by atoms with Crippen LogP contribution in [0.2, 0.25) is 5.02 Å². The molecule has 21 heavy (non-hydrogen) atoms. The molecule has 1 amide bonds. The Bertz CT molecular complexity index is 477. The summed E-state index contributed by atoms with van der Waals surface area (Å²) in [5, 5.41) is 12.9. The largest absolute Gasteiger partial charge is 0.393 e. The van der Waals surface area contributed by atoms with Crippen molar-refractivity contribution in [1.82, 2.24) is 5.32 Å². The summed E-state index contributed by atoms with van der Waals surface area (Å²) in [5.74, 6) is -0.0152. The second-order valence-electron chi connectivity index (χ2n) is 6.13. The van der Waals surface area contributed by atoms with E-state index in [0.29, 0.717) is 18.0 Å². The zero-order chi connectivity index (χ0) is 16.0. The fraction of sp³-hybridized carbons (Fsp3) is 0.562. The van der Waals surface area contributed by atoms with Crippen molar-refractivity contribution in [2.75, 3.05) is 6.54 Å². The maximum Gasteiger partial charge on any atom is 0.233 e. The number of hydrogen-bond donors (Lipinski definition) is 2. The Balaban J connectivity index is 2.50. The third-order valence-electron chi connectivity index (χ3n) is 3.10. The van der Waals surface area contributed by atoms with Crippen LogP contribution in [0.4, 0.5) is 0 Å². The molecule has 0 fully saturated rings. The molecular formula is C16H24ClNO2S. The van der Waals surface area contributed by atoms with Gasteiger partial charge in [-0.1, -0.05) is 37.6 Å². The average molecular weight is 330 g/mol. The number of carbonyl (C=O) groups is 1. The molecule has 2 N–H and O–H groups in total. The van der Waals surface area contributed by atoms with Crippen molar-refractivity contribution in [3.63, 3.8) is 0 Å². The van der Waals surface area contributed by atoms with Gasteiger partial charge in [0.25, 0.3) is 0 Å². The lowest BCUT2D eigenvalue weighted by atomic mass is 9.87. The zero-order valence-corrected chi connectivity index (χ0v) is 14.6. The van der Waals surface area contributed by atoms with Crippen LogP contribution >= 0.6 is 23.4 Å². The molecule has 2 unspecified atom stereocenters. The van der Waals surface area contributed by atoms with Crippen molar-refractivity contribution in [1.29, 1.82) is 0 Å². The van der Waals surface area contributed by atoms with Crippen LogP contribution in [0.25, 0.3) is 0 Å². The van der Waals surface area contributed by atoms with Crippen molar-refractivity contribution in [3.8, 4) is 0 Å². The van der Waals surface area contributed by atoms with E-state index >= 15 is 0 Å². The molecule has 1 aromatic carbocycles. The Morgan fingerprint density at radius 3 is 2.57 bits per heavy atom. The molecule has 0 bridgehead atoms. The molecule has 0 aromatic heterocycles. The molecule has 0 saturated carbocycles. The van der Waals surface area contributed by atoms with Crippen molar-refractivity contribution < 1.29 is 9.90 Å². The molecule has 0 aliphatic rings. The average Bonchev–Trinajstić information content (AvgIpc) is 2.37. The Hall–Kier alpha value is -0.710. The molecule has 0 radical (unpaired) electrons. The van der Waals surface area contributed by atoms with E-state index in [0.717, 1.165) is 4.90 Å². The molecule has 1 rings (SSSR count). The van der Waals surface area contributed by atoms with E-state index in [9.17, 15) is 9.90 Å². The lowest BCUT2D eigenvalue weighted by molar-refractivity contribution is -0.120. The molecule has 5 heteroatoms. The highest BCUT2D eigenvalue weighted by molar-refractivity contribution is 8.00. The van der Waals surface area contributed by atoms with E-state index < -0.39 is 0 Å². The first-order chi connectivity index (χ1) is 9.71. The van der Waals surface area contributed by atoms with Crippen molar-refractivity contribution in [3.05, 3.63) is 29.3 Å². The van der Waals surface area contributed by atoms with Crippen LogP contribution < -0.4 is 5.32 Å². The highest BCUT2D eigenvalue weighted by Gasteiger charge is 2.23. The summed E-state index contributed by atoms with van der Waals surface area (Å²) in [6, 6.07) is 7.51. The van der Waals surface area contributed by atoms with Crippen molar-refractivity contribution in [2.45, 2.75) is 50.4 Å². The predicted octanol–water partition coefficient (Wildman–Crippen LogP) is 3.73. The summed E-state index contributed by atoms with van der Waals surface area (Å²) in [5.41, 5.74) is -0.126. The predicted molar refractivity (Wildman–Crippen MR) is 89.9 cm³/mol. The van der Waals surface area contributed by atoms with Gasteiger partial charge in [-0.3, -0.25) is 4.79 Å². The smallest absolute Gasteiger partial charge is 0.233 e. The van der Waals surface area contributed by atoms with Gasteiger partial charge in [-0.2, -0.15) is 0 Å². The van der Waals surface area contributed by atoms with Gasteiger partial charge in [0.15, 0.2) is 0 Å². The normalized spacial score (nSPS) is 14.6. The van der Waals surface area contributed by atoms with E-state index in [1.165, 1.54) is 11.8 Å². The number of benzene rings is 1. The molecular weight excluding hydrogens is 306 g/mol. The standard InChI is InChI=1S/C16H24ClNO2S/c1-11(19)9-16(3,4)10-18-15(20)12(2)21-14-8-6-5-7-13(14)17/h5-8,11-12,19H,9-10H2,1-4H3,(H,18,20). The molecule has 1 aromatic rings. The van der Waals surface area contributed by atoms with E-state index in [1.807, 2.05) is 45.0 Å². The number of aliphatic hydroxyl groups excluding tert-OH is 1. The van der Waals surface area contributed by atoms with Crippen LogP contribution in [0.3, 0.4) is 0 Å². The van der Waals surface area contributed by atoms with Crippen molar-refractivity contribution >= 4 is 29.3 Å². The zero-order valence-electron chi connectivity index (χ0n) is 13.0. The van der Waals surface area contributed by atoms with Gasteiger partial charge in [-0.15, -0.1) is 11.8 Å². The molecule has 0 saturated heterocycles. The third kappa shape index (κ3) is 6.72. The first kappa shape index (κ1) is 18.3. The Labute approximate surface area is 136 Å². The van der Waals surface area contributed by atoms with Gasteiger partial charge in [-0.05, 0) is 37.8 Å². The highest BCUT2D eigenvalue weighted by atomic mass is 35.5. The summed E-state index contributed by atoms with van der Waals surface area (Å²) >= 11 is 7.55. The summed E-state index contributed by atoms with van der Waals surface area (Å²) in [7, 11) is 0. The number of carbonyl (C=O) groups excluding carboxylic acids is 1. The maximum atomic E-state index is 12.2.